The number of carbonyl (C=O) groups is 1. The van der Waals surface area contributed by atoms with E-state index in [2.05, 4.69) is 0 Å². The average molecular weight is 255 g/mol. The summed E-state index contributed by atoms with van der Waals surface area (Å²) in [5.41, 5.74) is 3.33. The first-order chi connectivity index (χ1) is 9.06. The summed E-state index contributed by atoms with van der Waals surface area (Å²) in [4.78, 5) is 10.6. The third-order valence-corrected chi connectivity index (χ3v) is 2.93. The predicted molar refractivity (Wildman–Crippen MR) is 71.0 cm³/mol. The molecule has 0 heterocycles. The Labute approximate surface area is 112 Å². The summed E-state index contributed by atoms with van der Waals surface area (Å²) >= 11 is 0. The van der Waals surface area contributed by atoms with Gasteiger partial charge in [-0.15, -0.1) is 0 Å². The van der Waals surface area contributed by atoms with Crippen molar-refractivity contribution in [2.75, 3.05) is 0 Å². The van der Waals surface area contributed by atoms with E-state index in [1.165, 1.54) is 12.1 Å². The molecule has 0 spiro atoms. The Hall–Kier alpha value is -2.29. The van der Waals surface area contributed by atoms with Gasteiger partial charge in [-0.2, -0.15) is 0 Å². The summed E-state index contributed by atoms with van der Waals surface area (Å²) in [6.07, 6.45) is 0. The quantitative estimate of drug-likeness (QED) is 0.842. The largest absolute Gasteiger partial charge is 0.545 e. The molecule has 0 fully saturated rings. The van der Waals surface area contributed by atoms with Gasteiger partial charge in [-0.05, 0) is 42.2 Å². The molecule has 0 saturated carbocycles. The summed E-state index contributed by atoms with van der Waals surface area (Å²) in [5.74, 6) is -0.314. The Morgan fingerprint density at radius 1 is 1.11 bits per heavy atom. The van der Waals surface area contributed by atoms with Crippen LogP contribution in [0.1, 0.15) is 27.0 Å². The first kappa shape index (κ1) is 13.1. The van der Waals surface area contributed by atoms with E-state index in [1.807, 2.05) is 32.0 Å². The molecule has 0 radical (unpaired) electrons. The maximum Gasteiger partial charge on any atom is 0.122 e. The molecule has 0 saturated heterocycles. The lowest BCUT2D eigenvalue weighted by molar-refractivity contribution is -0.255. The first-order valence-corrected chi connectivity index (χ1v) is 6.06. The minimum atomic E-state index is -1.16. The molecule has 0 N–H and O–H groups in total. The van der Waals surface area contributed by atoms with Gasteiger partial charge in [0.05, 0.1) is 5.97 Å². The zero-order valence-corrected chi connectivity index (χ0v) is 11.0. The van der Waals surface area contributed by atoms with Crippen LogP contribution >= 0.6 is 0 Å². The maximum atomic E-state index is 10.6. The summed E-state index contributed by atoms with van der Waals surface area (Å²) in [5, 5.41) is 10.6. The van der Waals surface area contributed by atoms with Gasteiger partial charge in [-0.3, -0.25) is 0 Å². The molecular weight excluding hydrogens is 240 g/mol. The van der Waals surface area contributed by atoms with Gasteiger partial charge < -0.3 is 14.6 Å². The Morgan fingerprint density at radius 2 is 1.79 bits per heavy atom. The molecule has 0 atom stereocenters. The van der Waals surface area contributed by atoms with Crippen LogP contribution in [0.25, 0.3) is 0 Å². The number of aryl methyl sites for hydroxylation is 2. The molecule has 3 heteroatoms. The second kappa shape index (κ2) is 5.57. The van der Waals surface area contributed by atoms with Crippen molar-refractivity contribution in [1.82, 2.24) is 0 Å². The smallest absolute Gasteiger partial charge is 0.122 e. The topological polar surface area (TPSA) is 49.4 Å². The lowest BCUT2D eigenvalue weighted by Gasteiger charge is -2.10. The van der Waals surface area contributed by atoms with Crippen LogP contribution in [0, 0.1) is 13.8 Å². The minimum Gasteiger partial charge on any atom is -0.545 e. The van der Waals surface area contributed by atoms with Gasteiger partial charge in [0.25, 0.3) is 0 Å². The summed E-state index contributed by atoms with van der Waals surface area (Å²) in [6.45, 7) is 4.42. The number of carboxylic acid groups (broad SMARTS) is 1. The van der Waals surface area contributed by atoms with Crippen molar-refractivity contribution in [2.24, 2.45) is 0 Å². The van der Waals surface area contributed by atoms with Crippen LogP contribution in [-0.4, -0.2) is 5.97 Å². The summed E-state index contributed by atoms with van der Waals surface area (Å²) in [6, 6.07) is 12.6. The molecule has 2 aromatic rings. The molecule has 0 unspecified atom stereocenters. The Balaban J connectivity index is 2.06. The second-order valence-electron chi connectivity index (χ2n) is 4.54. The molecule has 0 aliphatic carbocycles. The molecule has 0 aromatic heterocycles. The fourth-order valence-electron chi connectivity index (χ4n) is 1.76. The third-order valence-electron chi connectivity index (χ3n) is 2.93. The van der Waals surface area contributed by atoms with Gasteiger partial charge in [0.1, 0.15) is 12.4 Å². The van der Waals surface area contributed by atoms with Crippen LogP contribution in [0.5, 0.6) is 5.75 Å². The van der Waals surface area contributed by atoms with Crippen LogP contribution in [0.4, 0.5) is 0 Å². The van der Waals surface area contributed by atoms with Crippen LogP contribution in [0.2, 0.25) is 0 Å². The second-order valence-corrected chi connectivity index (χ2v) is 4.54. The first-order valence-electron chi connectivity index (χ1n) is 6.06. The van der Waals surface area contributed by atoms with Gasteiger partial charge in [-0.25, -0.2) is 0 Å². The highest BCUT2D eigenvalue weighted by molar-refractivity contribution is 5.85. The van der Waals surface area contributed by atoms with Crippen molar-refractivity contribution >= 4 is 5.97 Å². The SMILES string of the molecule is Cc1ccc(C)c(OCc2ccc(C(=O)[O-])cc2)c1. The average Bonchev–Trinajstić information content (AvgIpc) is 2.40. The van der Waals surface area contributed by atoms with Gasteiger partial charge in [0.2, 0.25) is 0 Å². The summed E-state index contributed by atoms with van der Waals surface area (Å²) < 4.78 is 5.74. The van der Waals surface area contributed by atoms with Crippen LogP contribution < -0.4 is 9.84 Å². The fraction of sp³-hybridized carbons (Fsp3) is 0.188. The van der Waals surface area contributed by atoms with Gasteiger partial charge >= 0.3 is 0 Å². The number of carbonyl (C=O) groups excluding carboxylic acids is 1. The molecule has 2 rings (SSSR count). The molecule has 19 heavy (non-hydrogen) atoms. The molecule has 2 aromatic carbocycles. The zero-order chi connectivity index (χ0) is 13.8. The highest BCUT2D eigenvalue weighted by Gasteiger charge is 2.01. The minimum absolute atomic E-state index is 0.176. The molecular formula is C16H15O3-. The lowest BCUT2D eigenvalue weighted by Crippen LogP contribution is -2.22. The zero-order valence-electron chi connectivity index (χ0n) is 11.0. The lowest BCUT2D eigenvalue weighted by atomic mass is 10.1. The van der Waals surface area contributed by atoms with Crippen LogP contribution in [0.3, 0.4) is 0 Å². The van der Waals surface area contributed by atoms with Crippen molar-refractivity contribution < 1.29 is 14.6 Å². The highest BCUT2D eigenvalue weighted by atomic mass is 16.5. The number of aromatic carboxylic acids is 1. The van der Waals surface area contributed by atoms with Crippen molar-refractivity contribution in [3.05, 3.63) is 64.7 Å². The summed E-state index contributed by atoms with van der Waals surface area (Å²) in [7, 11) is 0. The monoisotopic (exact) mass is 255 g/mol. The number of hydrogen-bond donors (Lipinski definition) is 0. The van der Waals surface area contributed by atoms with Crippen molar-refractivity contribution in [1.29, 1.82) is 0 Å². The Morgan fingerprint density at radius 3 is 2.42 bits per heavy atom. The van der Waals surface area contributed by atoms with E-state index in [0.717, 1.165) is 22.4 Å². The van der Waals surface area contributed by atoms with E-state index in [0.29, 0.717) is 6.61 Å². The fourth-order valence-corrected chi connectivity index (χ4v) is 1.76. The van der Waals surface area contributed by atoms with Crippen molar-refractivity contribution in [2.45, 2.75) is 20.5 Å². The normalized spacial score (nSPS) is 10.2. The molecule has 0 aliphatic rings. The molecule has 0 aliphatic heterocycles. The Bertz CT molecular complexity index is 585. The van der Waals surface area contributed by atoms with Crippen LogP contribution in [0.15, 0.2) is 42.5 Å². The van der Waals surface area contributed by atoms with E-state index >= 15 is 0 Å². The molecule has 3 nitrogen and oxygen atoms in total. The number of ether oxygens (including phenoxy) is 1. The van der Waals surface area contributed by atoms with Crippen molar-refractivity contribution in [3.63, 3.8) is 0 Å². The van der Waals surface area contributed by atoms with Gasteiger partial charge in [-0.1, -0.05) is 36.4 Å². The van der Waals surface area contributed by atoms with E-state index in [1.54, 1.807) is 12.1 Å². The number of hydrogen-bond acceptors (Lipinski definition) is 3. The Kier molecular flexibility index (Phi) is 3.85. The van der Waals surface area contributed by atoms with Crippen LogP contribution in [-0.2, 0) is 6.61 Å². The van der Waals surface area contributed by atoms with Gasteiger partial charge in [0, 0.05) is 0 Å². The van der Waals surface area contributed by atoms with E-state index in [-0.39, 0.29) is 5.56 Å². The number of rotatable bonds is 4. The number of benzene rings is 2. The molecule has 0 amide bonds. The van der Waals surface area contributed by atoms with E-state index < -0.39 is 5.97 Å². The van der Waals surface area contributed by atoms with E-state index in [4.69, 9.17) is 4.74 Å². The number of carboxylic acids is 1. The molecule has 98 valence electrons. The standard InChI is InChI=1S/C16H16O3/c1-11-3-4-12(2)15(9-11)19-10-13-5-7-14(8-6-13)16(17)18/h3-9H,10H2,1-2H3,(H,17,18)/p-1. The predicted octanol–water partition coefficient (Wildman–Crippen LogP) is 2.25. The third kappa shape index (κ3) is 3.35. The molecule has 0 bridgehead atoms. The van der Waals surface area contributed by atoms with E-state index in [9.17, 15) is 9.90 Å². The maximum absolute atomic E-state index is 10.6. The van der Waals surface area contributed by atoms with Gasteiger partial charge in [0.15, 0.2) is 0 Å². The van der Waals surface area contributed by atoms with Crippen molar-refractivity contribution in [3.8, 4) is 5.75 Å². The highest BCUT2D eigenvalue weighted by Crippen LogP contribution is 2.20.